The number of aromatic hydroxyl groups is 1. The molecule has 3 aromatic heterocycles. The number of halogens is 1. The average molecular weight is 514 g/mol. The number of benzene rings is 1. The number of fused-ring (bicyclic) bond motifs is 2. The fraction of sp³-hybridized carbons (Fsp3) is 0.0476. The van der Waals surface area contributed by atoms with E-state index in [1.54, 1.807) is 48.8 Å². The summed E-state index contributed by atoms with van der Waals surface area (Å²) in [6, 6.07) is 11.7. The van der Waals surface area contributed by atoms with E-state index in [0.717, 1.165) is 10.0 Å². The summed E-state index contributed by atoms with van der Waals surface area (Å²) in [5.74, 6) is -0.472. The molecule has 0 bridgehead atoms. The van der Waals surface area contributed by atoms with Crippen LogP contribution >= 0.6 is 26.7 Å². The lowest BCUT2D eigenvalue weighted by molar-refractivity contribution is 0.477. The molecule has 5 rings (SSSR count). The SMILES string of the molecule is O=c1c(C2=NS(O)(O)c3ccccc3N2)c(O)c2cccnc2n1Cc1cncc(Br)c1. The highest BCUT2D eigenvalue weighted by Crippen LogP contribution is 2.55. The predicted molar refractivity (Wildman–Crippen MR) is 126 cm³/mol. The smallest absolute Gasteiger partial charge is 0.267 e. The van der Waals surface area contributed by atoms with Crippen LogP contribution in [0.25, 0.3) is 11.0 Å². The first kappa shape index (κ1) is 20.6. The summed E-state index contributed by atoms with van der Waals surface area (Å²) in [5, 5.41) is 14.3. The fourth-order valence-corrected chi connectivity index (χ4v) is 5.17. The molecule has 0 saturated heterocycles. The second-order valence-electron chi connectivity index (χ2n) is 7.08. The Morgan fingerprint density at radius 1 is 1.12 bits per heavy atom. The molecule has 0 unspecified atom stereocenters. The molecule has 32 heavy (non-hydrogen) atoms. The fourth-order valence-electron chi connectivity index (χ4n) is 3.59. The first-order chi connectivity index (χ1) is 15.3. The minimum Gasteiger partial charge on any atom is -0.506 e. The lowest BCUT2D eigenvalue weighted by Crippen LogP contribution is -2.32. The zero-order valence-electron chi connectivity index (χ0n) is 16.3. The standard InChI is InChI=1S/C21H16BrN5O4S/c22-13-8-12(9-23-10-13)11-27-20-14(4-3-7-24-20)18(28)17(21(27)29)19-25-15-5-1-2-6-16(15)32(30,31)26-19/h1-10,28,30-31H,11H2,(H,25,26). The van der Waals surface area contributed by atoms with Crippen molar-refractivity contribution in [3.63, 3.8) is 0 Å². The number of nitrogens with zero attached hydrogens (tertiary/aromatic N) is 4. The molecule has 0 atom stereocenters. The Bertz CT molecular complexity index is 1470. The topological polar surface area (TPSA) is 133 Å². The normalized spacial score (nSPS) is 15.5. The van der Waals surface area contributed by atoms with Crippen molar-refractivity contribution in [1.82, 2.24) is 14.5 Å². The van der Waals surface area contributed by atoms with Crippen LogP contribution in [0.2, 0.25) is 0 Å². The summed E-state index contributed by atoms with van der Waals surface area (Å²) < 4.78 is 27.3. The van der Waals surface area contributed by atoms with Crippen LogP contribution in [0.3, 0.4) is 0 Å². The number of rotatable bonds is 3. The van der Waals surface area contributed by atoms with E-state index in [4.69, 9.17) is 0 Å². The van der Waals surface area contributed by atoms with Gasteiger partial charge in [-0.1, -0.05) is 22.9 Å². The lowest BCUT2D eigenvalue weighted by Gasteiger charge is -2.34. The van der Waals surface area contributed by atoms with Gasteiger partial charge in [0.2, 0.25) is 0 Å². The number of hydrogen-bond donors (Lipinski definition) is 4. The van der Waals surface area contributed by atoms with Crippen LogP contribution in [-0.4, -0.2) is 34.6 Å². The lowest BCUT2D eigenvalue weighted by atomic mass is 10.1. The highest BCUT2D eigenvalue weighted by atomic mass is 79.9. The third-order valence-electron chi connectivity index (χ3n) is 4.99. The van der Waals surface area contributed by atoms with E-state index >= 15 is 0 Å². The first-order valence-electron chi connectivity index (χ1n) is 9.39. The van der Waals surface area contributed by atoms with Gasteiger partial charge in [0.25, 0.3) is 5.56 Å². The summed E-state index contributed by atoms with van der Waals surface area (Å²) in [7, 11) is -3.57. The highest BCUT2D eigenvalue weighted by Gasteiger charge is 2.30. The van der Waals surface area contributed by atoms with Gasteiger partial charge in [-0.05, 0) is 51.8 Å². The Balaban J connectivity index is 1.75. The van der Waals surface area contributed by atoms with Crippen molar-refractivity contribution >= 4 is 49.3 Å². The number of anilines is 1. The molecule has 0 amide bonds. The number of para-hydroxylation sites is 1. The zero-order valence-corrected chi connectivity index (χ0v) is 18.7. The van der Waals surface area contributed by atoms with E-state index in [2.05, 4.69) is 35.6 Å². The minimum absolute atomic E-state index is 0.127. The first-order valence-corrected chi connectivity index (χ1v) is 11.7. The monoisotopic (exact) mass is 513 g/mol. The van der Waals surface area contributed by atoms with Crippen molar-refractivity contribution < 1.29 is 14.2 Å². The summed E-state index contributed by atoms with van der Waals surface area (Å²) in [5.41, 5.74) is 0.642. The second kappa shape index (κ2) is 7.71. The molecule has 9 nitrogen and oxygen atoms in total. The molecule has 0 spiro atoms. The van der Waals surface area contributed by atoms with Gasteiger partial charge in [-0.3, -0.25) is 23.5 Å². The van der Waals surface area contributed by atoms with E-state index in [0.29, 0.717) is 11.1 Å². The quantitative estimate of drug-likeness (QED) is 0.322. The average Bonchev–Trinajstić information content (AvgIpc) is 2.76. The van der Waals surface area contributed by atoms with Gasteiger partial charge >= 0.3 is 0 Å². The summed E-state index contributed by atoms with van der Waals surface area (Å²) in [4.78, 5) is 22.2. The van der Waals surface area contributed by atoms with E-state index < -0.39 is 16.3 Å². The van der Waals surface area contributed by atoms with Crippen LogP contribution < -0.4 is 10.9 Å². The van der Waals surface area contributed by atoms with Gasteiger partial charge in [0.1, 0.15) is 21.9 Å². The molecule has 11 heteroatoms. The van der Waals surface area contributed by atoms with Gasteiger partial charge in [-0.2, -0.15) is 0 Å². The maximum Gasteiger partial charge on any atom is 0.267 e. The van der Waals surface area contributed by atoms with E-state index in [-0.39, 0.29) is 34.2 Å². The molecule has 4 heterocycles. The van der Waals surface area contributed by atoms with Crippen molar-refractivity contribution in [2.45, 2.75) is 11.4 Å². The molecule has 0 radical (unpaired) electrons. The number of hydrogen-bond acceptors (Lipinski definition) is 8. The van der Waals surface area contributed by atoms with Gasteiger partial charge in [-0.25, -0.2) is 4.98 Å². The van der Waals surface area contributed by atoms with Crippen molar-refractivity contribution in [2.24, 2.45) is 4.40 Å². The summed E-state index contributed by atoms with van der Waals surface area (Å²) >= 11 is 3.37. The van der Waals surface area contributed by atoms with Crippen LogP contribution in [0.1, 0.15) is 11.1 Å². The largest absolute Gasteiger partial charge is 0.506 e. The molecule has 1 aromatic carbocycles. The predicted octanol–water partition coefficient (Wildman–Crippen LogP) is 4.20. The van der Waals surface area contributed by atoms with Crippen LogP contribution in [0.15, 0.2) is 79.6 Å². The van der Waals surface area contributed by atoms with Gasteiger partial charge < -0.3 is 10.4 Å². The molecule has 0 fully saturated rings. The molecule has 0 saturated carbocycles. The van der Waals surface area contributed by atoms with Gasteiger partial charge in [0, 0.05) is 23.1 Å². The van der Waals surface area contributed by atoms with Crippen molar-refractivity contribution in [2.75, 3.05) is 5.32 Å². The maximum absolute atomic E-state index is 13.6. The zero-order chi connectivity index (χ0) is 22.5. The molecule has 1 aliphatic rings. The molecule has 0 aliphatic carbocycles. The van der Waals surface area contributed by atoms with E-state index in [9.17, 15) is 19.0 Å². The summed E-state index contributed by atoms with van der Waals surface area (Å²) in [6.45, 7) is 0.131. The Kier molecular flexibility index (Phi) is 4.97. The van der Waals surface area contributed by atoms with Gasteiger partial charge in [-0.15, -0.1) is 4.40 Å². The second-order valence-corrected chi connectivity index (χ2v) is 9.66. The van der Waals surface area contributed by atoms with E-state index in [1.807, 2.05) is 6.07 Å². The third kappa shape index (κ3) is 3.45. The van der Waals surface area contributed by atoms with Crippen LogP contribution in [-0.2, 0) is 6.54 Å². The number of aromatic nitrogens is 3. The molecule has 4 aromatic rings. The Hall–Kier alpha value is -3.25. The molecule has 4 N–H and O–H groups in total. The molecular formula is C21H16BrN5O4S. The van der Waals surface area contributed by atoms with E-state index in [1.165, 1.54) is 10.8 Å². The Morgan fingerprint density at radius 3 is 2.75 bits per heavy atom. The van der Waals surface area contributed by atoms with Crippen molar-refractivity contribution in [3.8, 4) is 5.75 Å². The van der Waals surface area contributed by atoms with Gasteiger partial charge in [0.05, 0.1) is 17.6 Å². The van der Waals surface area contributed by atoms with Crippen molar-refractivity contribution in [3.05, 3.63) is 87.0 Å². The van der Waals surface area contributed by atoms with Crippen LogP contribution in [0.4, 0.5) is 5.69 Å². The number of nitrogens with one attached hydrogen (secondary N) is 1. The third-order valence-corrected chi connectivity index (χ3v) is 6.80. The highest BCUT2D eigenvalue weighted by molar-refractivity contribution is 9.10. The molecular weight excluding hydrogens is 498 g/mol. The van der Waals surface area contributed by atoms with Gasteiger partial charge in [0.15, 0.2) is 5.84 Å². The minimum atomic E-state index is -3.57. The Morgan fingerprint density at radius 2 is 1.94 bits per heavy atom. The number of amidine groups is 1. The van der Waals surface area contributed by atoms with Crippen LogP contribution in [0.5, 0.6) is 5.75 Å². The number of pyridine rings is 3. The molecule has 162 valence electrons. The Labute approximate surface area is 191 Å². The summed E-state index contributed by atoms with van der Waals surface area (Å²) in [6.07, 6.45) is 4.79. The maximum atomic E-state index is 13.6. The van der Waals surface area contributed by atoms with Crippen LogP contribution in [0, 0.1) is 0 Å². The molecule has 1 aliphatic heterocycles. The van der Waals surface area contributed by atoms with Crippen molar-refractivity contribution in [1.29, 1.82) is 0 Å².